The van der Waals surface area contributed by atoms with Gasteiger partial charge < -0.3 is 9.67 Å². The molecule has 0 aromatic carbocycles. The van der Waals surface area contributed by atoms with Crippen LogP contribution in [-0.4, -0.2) is 39.8 Å². The van der Waals surface area contributed by atoms with Gasteiger partial charge >= 0.3 is 0 Å². The number of nitrogens with zero attached hydrogens (tertiary/aromatic N) is 3. The standard InChI is InChI=1S/C10H15N3O3S/c14-8-2-1-4-13-9(11-12-10(8)13)7-3-5-17(15,16)6-7/h7-8,14H,1-6H2. The Morgan fingerprint density at radius 1 is 1.24 bits per heavy atom. The number of hydrogen-bond donors (Lipinski definition) is 1. The molecule has 0 aliphatic carbocycles. The molecule has 1 N–H and O–H groups in total. The second-order valence-electron chi connectivity index (χ2n) is 4.83. The van der Waals surface area contributed by atoms with Gasteiger partial charge in [0.05, 0.1) is 11.5 Å². The van der Waals surface area contributed by atoms with Gasteiger partial charge in [-0.05, 0) is 19.3 Å². The van der Waals surface area contributed by atoms with Crippen molar-refractivity contribution in [2.24, 2.45) is 0 Å². The van der Waals surface area contributed by atoms with Crippen LogP contribution in [0.3, 0.4) is 0 Å². The molecule has 1 aromatic rings. The van der Waals surface area contributed by atoms with Crippen LogP contribution in [0.25, 0.3) is 0 Å². The Hall–Kier alpha value is -0.950. The lowest BCUT2D eigenvalue weighted by Gasteiger charge is -2.20. The lowest BCUT2D eigenvalue weighted by molar-refractivity contribution is 0.132. The van der Waals surface area contributed by atoms with E-state index >= 15 is 0 Å². The molecule has 1 saturated heterocycles. The Morgan fingerprint density at radius 3 is 2.71 bits per heavy atom. The summed E-state index contributed by atoms with van der Waals surface area (Å²) in [5.74, 6) is 1.69. The van der Waals surface area contributed by atoms with E-state index in [1.807, 2.05) is 4.57 Å². The summed E-state index contributed by atoms with van der Waals surface area (Å²) in [4.78, 5) is 0. The van der Waals surface area contributed by atoms with Crippen LogP contribution in [0.15, 0.2) is 0 Å². The topological polar surface area (TPSA) is 85.1 Å². The molecule has 7 heteroatoms. The Bertz CT molecular complexity index is 537. The third-order valence-corrected chi connectivity index (χ3v) is 5.33. The van der Waals surface area contributed by atoms with Crippen molar-refractivity contribution in [3.63, 3.8) is 0 Å². The van der Waals surface area contributed by atoms with Crippen molar-refractivity contribution in [2.45, 2.75) is 37.8 Å². The Kier molecular flexibility index (Phi) is 2.48. The summed E-state index contributed by atoms with van der Waals surface area (Å²) in [6.45, 7) is 0.783. The Balaban J connectivity index is 1.95. The van der Waals surface area contributed by atoms with E-state index in [0.29, 0.717) is 18.7 Å². The average Bonchev–Trinajstić information content (AvgIpc) is 2.82. The summed E-state index contributed by atoms with van der Waals surface area (Å²) in [5, 5.41) is 17.9. The van der Waals surface area contributed by atoms with Crippen LogP contribution in [0, 0.1) is 0 Å². The highest BCUT2D eigenvalue weighted by atomic mass is 32.2. The molecular formula is C10H15N3O3S. The van der Waals surface area contributed by atoms with E-state index in [1.54, 1.807) is 0 Å². The second kappa shape index (κ2) is 3.78. The van der Waals surface area contributed by atoms with Gasteiger partial charge in [0.2, 0.25) is 0 Å². The molecule has 6 nitrogen and oxygen atoms in total. The van der Waals surface area contributed by atoms with Crippen LogP contribution < -0.4 is 0 Å². The van der Waals surface area contributed by atoms with E-state index in [0.717, 1.165) is 18.8 Å². The first-order chi connectivity index (χ1) is 8.07. The van der Waals surface area contributed by atoms with Crippen LogP contribution in [0.1, 0.15) is 42.9 Å². The molecule has 1 aromatic heterocycles. The smallest absolute Gasteiger partial charge is 0.161 e. The first-order valence-corrected chi connectivity index (χ1v) is 7.70. The highest BCUT2D eigenvalue weighted by Gasteiger charge is 2.34. The molecule has 0 bridgehead atoms. The van der Waals surface area contributed by atoms with Gasteiger partial charge in [-0.2, -0.15) is 0 Å². The van der Waals surface area contributed by atoms with Crippen LogP contribution in [0.5, 0.6) is 0 Å². The highest BCUT2D eigenvalue weighted by Crippen LogP contribution is 2.31. The first kappa shape index (κ1) is 11.2. The number of aliphatic hydroxyl groups excluding tert-OH is 1. The van der Waals surface area contributed by atoms with Crippen LogP contribution in [0.2, 0.25) is 0 Å². The van der Waals surface area contributed by atoms with Crippen molar-refractivity contribution in [3.8, 4) is 0 Å². The minimum absolute atomic E-state index is 0.0495. The molecule has 94 valence electrons. The Labute approximate surface area is 99.6 Å². The minimum atomic E-state index is -2.91. The molecule has 2 aliphatic heterocycles. The van der Waals surface area contributed by atoms with E-state index in [9.17, 15) is 13.5 Å². The molecule has 2 unspecified atom stereocenters. The number of aliphatic hydroxyl groups is 1. The van der Waals surface area contributed by atoms with E-state index in [-0.39, 0.29) is 17.4 Å². The quantitative estimate of drug-likeness (QED) is 0.766. The molecule has 17 heavy (non-hydrogen) atoms. The summed E-state index contributed by atoms with van der Waals surface area (Å²) < 4.78 is 24.8. The summed E-state index contributed by atoms with van der Waals surface area (Å²) in [6.07, 6.45) is 1.67. The summed E-state index contributed by atoms with van der Waals surface area (Å²) in [5.41, 5.74) is 0. The summed E-state index contributed by atoms with van der Waals surface area (Å²) in [6, 6.07) is 0. The molecule has 3 rings (SSSR count). The lowest BCUT2D eigenvalue weighted by Crippen LogP contribution is -2.19. The van der Waals surface area contributed by atoms with E-state index in [1.165, 1.54) is 0 Å². The predicted molar refractivity (Wildman–Crippen MR) is 60.2 cm³/mol. The molecule has 3 heterocycles. The van der Waals surface area contributed by atoms with Crippen molar-refractivity contribution < 1.29 is 13.5 Å². The maximum absolute atomic E-state index is 11.5. The summed E-state index contributed by atoms with van der Waals surface area (Å²) in [7, 11) is -2.91. The third-order valence-electron chi connectivity index (χ3n) is 3.56. The lowest BCUT2D eigenvalue weighted by atomic mass is 10.1. The van der Waals surface area contributed by atoms with Gasteiger partial charge in [-0.1, -0.05) is 0 Å². The van der Waals surface area contributed by atoms with Crippen molar-refractivity contribution in [1.29, 1.82) is 0 Å². The fourth-order valence-corrected chi connectivity index (χ4v) is 4.42. The molecule has 0 radical (unpaired) electrons. The maximum Gasteiger partial charge on any atom is 0.161 e. The third kappa shape index (κ3) is 1.87. The molecule has 0 saturated carbocycles. The van der Waals surface area contributed by atoms with Gasteiger partial charge in [-0.15, -0.1) is 10.2 Å². The second-order valence-corrected chi connectivity index (χ2v) is 7.05. The zero-order valence-corrected chi connectivity index (χ0v) is 10.2. The van der Waals surface area contributed by atoms with Gasteiger partial charge in [-0.25, -0.2) is 8.42 Å². The zero-order valence-electron chi connectivity index (χ0n) is 9.41. The number of hydrogen-bond acceptors (Lipinski definition) is 5. The molecule has 2 aliphatic rings. The van der Waals surface area contributed by atoms with Gasteiger partial charge in [0.25, 0.3) is 0 Å². The fourth-order valence-electron chi connectivity index (χ4n) is 2.68. The van der Waals surface area contributed by atoms with Crippen molar-refractivity contribution in [3.05, 3.63) is 11.6 Å². The van der Waals surface area contributed by atoms with Crippen molar-refractivity contribution in [2.75, 3.05) is 11.5 Å². The Morgan fingerprint density at radius 2 is 2.00 bits per heavy atom. The molecular weight excluding hydrogens is 242 g/mol. The average molecular weight is 257 g/mol. The predicted octanol–water partition coefficient (Wildman–Crippen LogP) is 0.00740. The first-order valence-electron chi connectivity index (χ1n) is 5.88. The van der Waals surface area contributed by atoms with E-state index in [4.69, 9.17) is 0 Å². The number of sulfone groups is 1. The zero-order chi connectivity index (χ0) is 12.0. The largest absolute Gasteiger partial charge is 0.385 e. The SMILES string of the molecule is O=S1(=O)CCC(c2nnc3n2CCCC3O)C1. The van der Waals surface area contributed by atoms with Gasteiger partial charge in [0, 0.05) is 12.5 Å². The number of aromatic nitrogens is 3. The molecule has 0 amide bonds. The fraction of sp³-hybridized carbons (Fsp3) is 0.800. The normalized spacial score (nSPS) is 31.4. The molecule has 1 fully saturated rings. The maximum atomic E-state index is 11.5. The minimum Gasteiger partial charge on any atom is -0.385 e. The van der Waals surface area contributed by atoms with Gasteiger partial charge in [-0.3, -0.25) is 0 Å². The van der Waals surface area contributed by atoms with Crippen LogP contribution >= 0.6 is 0 Å². The highest BCUT2D eigenvalue weighted by molar-refractivity contribution is 7.91. The molecule has 0 spiro atoms. The number of rotatable bonds is 1. The molecule has 2 atom stereocenters. The van der Waals surface area contributed by atoms with Crippen LogP contribution in [-0.2, 0) is 16.4 Å². The van der Waals surface area contributed by atoms with Gasteiger partial charge in [0.1, 0.15) is 11.9 Å². The monoisotopic (exact) mass is 257 g/mol. The van der Waals surface area contributed by atoms with Crippen molar-refractivity contribution in [1.82, 2.24) is 14.8 Å². The number of fused-ring (bicyclic) bond motifs is 1. The van der Waals surface area contributed by atoms with E-state index < -0.39 is 15.9 Å². The summed E-state index contributed by atoms with van der Waals surface area (Å²) >= 11 is 0. The van der Waals surface area contributed by atoms with Crippen molar-refractivity contribution >= 4 is 9.84 Å². The van der Waals surface area contributed by atoms with Crippen LogP contribution in [0.4, 0.5) is 0 Å². The van der Waals surface area contributed by atoms with Gasteiger partial charge in [0.15, 0.2) is 15.7 Å². The van der Waals surface area contributed by atoms with E-state index in [2.05, 4.69) is 10.2 Å².